The predicted molar refractivity (Wildman–Crippen MR) is 55.0 cm³/mol. The third-order valence-corrected chi connectivity index (χ3v) is 3.06. The molecular weight excluding hydrogens is 275 g/mol. The SMILES string of the molecule is CCn1cc(S(=O)(=O)NOCC(F)(F)F)nc1C. The number of hydrogen-bond donors (Lipinski definition) is 1. The fourth-order valence-electron chi connectivity index (χ4n) is 1.16. The lowest BCUT2D eigenvalue weighted by atomic mass is 10.6. The van der Waals surface area contributed by atoms with Crippen LogP contribution in [0.2, 0.25) is 0 Å². The summed E-state index contributed by atoms with van der Waals surface area (Å²) in [6.07, 6.45) is -3.39. The number of imidazole rings is 1. The van der Waals surface area contributed by atoms with E-state index in [0.29, 0.717) is 12.4 Å². The van der Waals surface area contributed by atoms with Gasteiger partial charge in [0.1, 0.15) is 5.82 Å². The Kier molecular flexibility index (Phi) is 4.35. The minimum Gasteiger partial charge on any atom is -0.334 e. The summed E-state index contributed by atoms with van der Waals surface area (Å²) in [5, 5.41) is -0.385. The van der Waals surface area contributed by atoms with Gasteiger partial charge in [-0.2, -0.15) is 13.2 Å². The van der Waals surface area contributed by atoms with E-state index in [1.807, 2.05) is 0 Å². The zero-order valence-electron chi connectivity index (χ0n) is 9.65. The van der Waals surface area contributed by atoms with Gasteiger partial charge in [0.15, 0.2) is 11.6 Å². The lowest BCUT2D eigenvalue weighted by molar-refractivity contribution is -0.181. The Labute approximate surface area is 102 Å². The van der Waals surface area contributed by atoms with E-state index in [1.165, 1.54) is 11.1 Å². The van der Waals surface area contributed by atoms with E-state index in [2.05, 4.69) is 9.82 Å². The van der Waals surface area contributed by atoms with E-state index in [1.54, 1.807) is 18.4 Å². The molecule has 0 amide bonds. The monoisotopic (exact) mass is 287 g/mol. The minimum absolute atomic E-state index is 0.385. The number of alkyl halides is 3. The van der Waals surface area contributed by atoms with Gasteiger partial charge in [0.25, 0.3) is 10.0 Å². The summed E-state index contributed by atoms with van der Waals surface area (Å²) in [7, 11) is -4.20. The van der Waals surface area contributed by atoms with Gasteiger partial charge in [-0.25, -0.2) is 13.4 Å². The van der Waals surface area contributed by atoms with Gasteiger partial charge in [-0.1, -0.05) is 4.89 Å². The Morgan fingerprint density at radius 1 is 1.50 bits per heavy atom. The number of sulfonamides is 1. The lowest BCUT2D eigenvalue weighted by Crippen LogP contribution is -2.29. The fraction of sp³-hybridized carbons (Fsp3) is 0.625. The summed E-state index contributed by atoms with van der Waals surface area (Å²) in [4.78, 5) is 8.98. The zero-order chi connectivity index (χ0) is 14.0. The molecule has 1 heterocycles. The maximum absolute atomic E-state index is 11.8. The first-order valence-corrected chi connectivity index (χ1v) is 6.38. The second kappa shape index (κ2) is 5.24. The highest BCUT2D eigenvalue weighted by Crippen LogP contribution is 2.14. The molecule has 0 aliphatic rings. The average molecular weight is 287 g/mol. The molecule has 0 aromatic carbocycles. The molecule has 0 aliphatic heterocycles. The molecule has 104 valence electrons. The molecular formula is C8H12F3N3O3S. The smallest absolute Gasteiger partial charge is 0.334 e. The van der Waals surface area contributed by atoms with Crippen molar-refractivity contribution < 1.29 is 26.4 Å². The van der Waals surface area contributed by atoms with E-state index >= 15 is 0 Å². The van der Waals surface area contributed by atoms with E-state index in [4.69, 9.17) is 0 Å². The predicted octanol–water partition coefficient (Wildman–Crippen LogP) is 0.984. The molecule has 1 N–H and O–H groups in total. The van der Waals surface area contributed by atoms with Crippen LogP contribution in [0.1, 0.15) is 12.7 Å². The van der Waals surface area contributed by atoms with Crippen LogP contribution in [-0.4, -0.2) is 30.8 Å². The van der Waals surface area contributed by atoms with E-state index in [-0.39, 0.29) is 5.03 Å². The van der Waals surface area contributed by atoms with Gasteiger partial charge in [0.2, 0.25) is 0 Å². The number of aryl methyl sites for hydroxylation is 2. The first-order valence-electron chi connectivity index (χ1n) is 4.90. The van der Waals surface area contributed by atoms with Crippen LogP contribution in [0.3, 0.4) is 0 Å². The second-order valence-electron chi connectivity index (χ2n) is 3.40. The molecule has 1 aromatic heterocycles. The van der Waals surface area contributed by atoms with Gasteiger partial charge in [-0.05, 0) is 13.8 Å². The molecule has 0 saturated heterocycles. The summed E-state index contributed by atoms with van der Waals surface area (Å²) in [5.74, 6) is 0.439. The molecule has 0 radical (unpaired) electrons. The van der Waals surface area contributed by atoms with Crippen molar-refractivity contribution in [3.05, 3.63) is 12.0 Å². The molecule has 10 heteroatoms. The Bertz CT molecular complexity index is 509. The van der Waals surface area contributed by atoms with Gasteiger partial charge in [-0.15, -0.1) is 0 Å². The summed E-state index contributed by atoms with van der Waals surface area (Å²) in [5.41, 5.74) is 0. The number of halogens is 3. The van der Waals surface area contributed by atoms with Crippen LogP contribution < -0.4 is 4.89 Å². The molecule has 0 aliphatic carbocycles. The van der Waals surface area contributed by atoms with Crippen LogP contribution in [-0.2, 0) is 21.4 Å². The molecule has 1 rings (SSSR count). The Balaban J connectivity index is 2.74. The molecule has 0 saturated carbocycles. The normalized spacial score (nSPS) is 12.9. The van der Waals surface area contributed by atoms with Crippen molar-refractivity contribution in [2.45, 2.75) is 31.6 Å². The van der Waals surface area contributed by atoms with Gasteiger partial charge < -0.3 is 4.57 Å². The van der Waals surface area contributed by atoms with Gasteiger partial charge in [-0.3, -0.25) is 4.84 Å². The average Bonchev–Trinajstić information content (AvgIpc) is 2.58. The molecule has 1 aromatic rings. The Morgan fingerprint density at radius 2 is 2.11 bits per heavy atom. The Hall–Kier alpha value is -1.13. The highest BCUT2D eigenvalue weighted by molar-refractivity contribution is 7.89. The van der Waals surface area contributed by atoms with Gasteiger partial charge in [0.05, 0.1) is 0 Å². The zero-order valence-corrected chi connectivity index (χ0v) is 10.5. The second-order valence-corrected chi connectivity index (χ2v) is 4.99. The van der Waals surface area contributed by atoms with Crippen molar-refractivity contribution in [3.63, 3.8) is 0 Å². The van der Waals surface area contributed by atoms with Crippen molar-refractivity contribution in [2.75, 3.05) is 6.61 Å². The maximum atomic E-state index is 11.8. The molecule has 0 atom stereocenters. The highest BCUT2D eigenvalue weighted by Gasteiger charge is 2.29. The number of rotatable bonds is 5. The first kappa shape index (κ1) is 14.9. The Morgan fingerprint density at radius 3 is 2.56 bits per heavy atom. The number of nitrogens with one attached hydrogen (secondary N) is 1. The maximum Gasteiger partial charge on any atom is 0.413 e. The van der Waals surface area contributed by atoms with Crippen LogP contribution >= 0.6 is 0 Å². The topological polar surface area (TPSA) is 73.2 Å². The molecule has 6 nitrogen and oxygen atoms in total. The minimum atomic E-state index is -4.61. The van der Waals surface area contributed by atoms with Crippen molar-refractivity contribution >= 4 is 10.0 Å². The molecule has 0 unspecified atom stereocenters. The molecule has 0 bridgehead atoms. The van der Waals surface area contributed by atoms with Crippen molar-refractivity contribution in [3.8, 4) is 0 Å². The van der Waals surface area contributed by atoms with E-state index in [9.17, 15) is 21.6 Å². The van der Waals surface area contributed by atoms with Gasteiger partial charge >= 0.3 is 6.18 Å². The quantitative estimate of drug-likeness (QED) is 0.819. The van der Waals surface area contributed by atoms with Crippen LogP contribution in [0.4, 0.5) is 13.2 Å². The van der Waals surface area contributed by atoms with Crippen LogP contribution in [0.25, 0.3) is 0 Å². The largest absolute Gasteiger partial charge is 0.413 e. The number of aromatic nitrogens is 2. The van der Waals surface area contributed by atoms with Crippen molar-refractivity contribution in [1.29, 1.82) is 0 Å². The van der Waals surface area contributed by atoms with E-state index in [0.717, 1.165) is 0 Å². The van der Waals surface area contributed by atoms with Crippen molar-refractivity contribution in [2.24, 2.45) is 0 Å². The fourth-order valence-corrected chi connectivity index (χ4v) is 1.98. The summed E-state index contributed by atoms with van der Waals surface area (Å²) < 4.78 is 59.9. The number of hydrogen-bond acceptors (Lipinski definition) is 4. The van der Waals surface area contributed by atoms with Crippen LogP contribution in [0, 0.1) is 6.92 Å². The van der Waals surface area contributed by atoms with Gasteiger partial charge in [0, 0.05) is 12.7 Å². The standard InChI is InChI=1S/C8H12F3N3O3S/c1-3-14-4-7(12-6(14)2)18(15,16)13-17-5-8(9,10)11/h4,13H,3,5H2,1-2H3. The van der Waals surface area contributed by atoms with Crippen molar-refractivity contribution in [1.82, 2.24) is 14.4 Å². The highest BCUT2D eigenvalue weighted by atomic mass is 32.2. The summed E-state index contributed by atoms with van der Waals surface area (Å²) in [6, 6.07) is 0. The third-order valence-electron chi connectivity index (χ3n) is 1.97. The van der Waals surface area contributed by atoms with Crippen LogP contribution in [0.15, 0.2) is 11.2 Å². The summed E-state index contributed by atoms with van der Waals surface area (Å²) >= 11 is 0. The lowest BCUT2D eigenvalue weighted by Gasteiger charge is -2.07. The number of nitrogens with zero attached hydrogens (tertiary/aromatic N) is 2. The van der Waals surface area contributed by atoms with Crippen LogP contribution in [0.5, 0.6) is 0 Å². The molecule has 0 fully saturated rings. The van der Waals surface area contributed by atoms with E-state index < -0.39 is 22.8 Å². The summed E-state index contributed by atoms with van der Waals surface area (Å²) in [6.45, 7) is 2.15. The third kappa shape index (κ3) is 3.96. The molecule has 18 heavy (non-hydrogen) atoms. The first-order chi connectivity index (χ1) is 8.15. The molecule has 0 spiro atoms.